The van der Waals surface area contributed by atoms with Crippen molar-refractivity contribution in [3.05, 3.63) is 112 Å². The number of rotatable bonds is 2. The molecule has 0 bridgehead atoms. The van der Waals surface area contributed by atoms with Crippen LogP contribution < -0.4 is 10.1 Å². The van der Waals surface area contributed by atoms with Gasteiger partial charge < -0.3 is 10.1 Å². The summed E-state index contributed by atoms with van der Waals surface area (Å²) in [4.78, 5) is 4.45. The van der Waals surface area contributed by atoms with Crippen molar-refractivity contribution in [2.75, 3.05) is 5.32 Å². The Kier molecular flexibility index (Phi) is 3.89. The molecule has 0 spiro atoms. The monoisotopic (exact) mass is 412 g/mol. The van der Waals surface area contributed by atoms with Crippen LogP contribution in [-0.2, 0) is 0 Å². The summed E-state index contributed by atoms with van der Waals surface area (Å²) in [7, 11) is 0. The Labute approximate surface area is 178 Å². The van der Waals surface area contributed by atoms with E-state index in [0.717, 1.165) is 33.7 Å². The van der Waals surface area contributed by atoms with Crippen molar-refractivity contribution < 1.29 is 4.74 Å². The molecule has 0 fully saturated rings. The maximum absolute atomic E-state index is 6.57. The number of para-hydroxylation sites is 1. The van der Waals surface area contributed by atoms with Crippen molar-refractivity contribution in [1.29, 1.82) is 0 Å². The first kappa shape index (κ1) is 17.3. The quantitative estimate of drug-likeness (QED) is 0.473. The predicted octanol–water partition coefficient (Wildman–Crippen LogP) is 5.49. The van der Waals surface area contributed by atoms with E-state index in [0.29, 0.717) is 11.0 Å². The fraction of sp³-hybridized carbons (Fsp3) is 0.0833. The Morgan fingerprint density at radius 1 is 0.867 bits per heavy atom. The van der Waals surface area contributed by atoms with E-state index in [1.165, 1.54) is 0 Å². The lowest BCUT2D eigenvalue weighted by Crippen LogP contribution is -2.32. The van der Waals surface area contributed by atoms with E-state index in [4.69, 9.17) is 16.3 Å². The van der Waals surface area contributed by atoms with Crippen molar-refractivity contribution >= 4 is 23.2 Å². The fourth-order valence-electron chi connectivity index (χ4n) is 4.29. The molecular formula is C24H17ClN4O. The molecule has 2 aliphatic rings. The molecule has 146 valence electrons. The zero-order chi connectivity index (χ0) is 20.1. The Morgan fingerprint density at radius 3 is 2.47 bits per heavy atom. The lowest BCUT2D eigenvalue weighted by atomic mass is 9.84. The molecule has 0 saturated heterocycles. The van der Waals surface area contributed by atoms with Gasteiger partial charge in [0.1, 0.15) is 24.2 Å². The molecule has 4 aromatic rings. The molecule has 0 unspecified atom stereocenters. The number of fused-ring (bicyclic) bond motifs is 3. The molecule has 1 N–H and O–H groups in total. The summed E-state index contributed by atoms with van der Waals surface area (Å²) in [6, 6.07) is 26.1. The van der Waals surface area contributed by atoms with E-state index in [2.05, 4.69) is 33.6 Å². The van der Waals surface area contributed by atoms with E-state index >= 15 is 0 Å². The molecule has 3 aromatic carbocycles. The van der Waals surface area contributed by atoms with Gasteiger partial charge in [-0.15, -0.1) is 0 Å². The third-order valence-corrected chi connectivity index (χ3v) is 5.86. The van der Waals surface area contributed by atoms with Gasteiger partial charge in [0.2, 0.25) is 5.95 Å². The summed E-state index contributed by atoms with van der Waals surface area (Å²) in [5.74, 6) is 1.55. The third-order valence-electron chi connectivity index (χ3n) is 5.61. The summed E-state index contributed by atoms with van der Waals surface area (Å²) in [6.07, 6.45) is 1.31. The molecule has 3 heterocycles. The van der Waals surface area contributed by atoms with Crippen molar-refractivity contribution in [3.8, 4) is 5.75 Å². The molecule has 2 atom stereocenters. The van der Waals surface area contributed by atoms with Crippen LogP contribution in [0.5, 0.6) is 5.75 Å². The van der Waals surface area contributed by atoms with Crippen LogP contribution in [0.15, 0.2) is 90.8 Å². The minimum absolute atomic E-state index is 0.172. The van der Waals surface area contributed by atoms with Gasteiger partial charge in [-0.1, -0.05) is 66.2 Å². The highest BCUT2D eigenvalue weighted by atomic mass is 35.5. The van der Waals surface area contributed by atoms with Gasteiger partial charge in [-0.2, -0.15) is 10.1 Å². The minimum atomic E-state index is -0.262. The molecule has 0 saturated carbocycles. The number of nitrogens with one attached hydrogen (secondary N) is 1. The largest absolute Gasteiger partial charge is 0.480 e. The van der Waals surface area contributed by atoms with Crippen LogP contribution in [0, 0.1) is 0 Å². The summed E-state index contributed by atoms with van der Waals surface area (Å²) in [5, 5.41) is 8.74. The van der Waals surface area contributed by atoms with E-state index in [-0.39, 0.29) is 12.1 Å². The molecule has 0 radical (unpaired) electrons. The molecule has 1 aromatic heterocycles. The van der Waals surface area contributed by atoms with Crippen LogP contribution in [0.3, 0.4) is 0 Å². The third kappa shape index (κ3) is 2.63. The average molecular weight is 413 g/mol. The predicted molar refractivity (Wildman–Crippen MR) is 116 cm³/mol. The minimum Gasteiger partial charge on any atom is -0.480 e. The standard InChI is InChI=1S/C24H17ClN4O/c25-17-12-10-15(11-13-17)22-20-21(28-24-26-14-27-29(22)24)18-8-4-5-9-19(18)30-23(20)16-6-2-1-3-7-16/h1-14,22-23H,(H,26,27,28)/t22-,23-/m0/s1. The van der Waals surface area contributed by atoms with Crippen LogP contribution in [-0.4, -0.2) is 14.8 Å². The number of ether oxygens (including phenoxy) is 1. The number of hydrogen-bond acceptors (Lipinski definition) is 4. The number of aromatic nitrogens is 3. The number of anilines is 1. The highest BCUT2D eigenvalue weighted by Gasteiger charge is 2.40. The van der Waals surface area contributed by atoms with Crippen LogP contribution in [0.25, 0.3) is 5.70 Å². The molecule has 6 heteroatoms. The molecule has 0 amide bonds. The van der Waals surface area contributed by atoms with Crippen LogP contribution in [0.2, 0.25) is 5.02 Å². The first-order valence-electron chi connectivity index (χ1n) is 9.76. The lowest BCUT2D eigenvalue weighted by molar-refractivity contribution is 0.223. The molecule has 5 nitrogen and oxygen atoms in total. The van der Waals surface area contributed by atoms with Gasteiger partial charge in [0.05, 0.1) is 5.70 Å². The maximum atomic E-state index is 6.57. The van der Waals surface area contributed by atoms with Crippen molar-refractivity contribution in [2.45, 2.75) is 12.1 Å². The van der Waals surface area contributed by atoms with Gasteiger partial charge in [-0.3, -0.25) is 0 Å². The maximum Gasteiger partial charge on any atom is 0.226 e. The first-order chi connectivity index (χ1) is 14.8. The van der Waals surface area contributed by atoms with Crippen LogP contribution in [0.4, 0.5) is 5.95 Å². The van der Waals surface area contributed by atoms with Crippen molar-refractivity contribution in [1.82, 2.24) is 14.8 Å². The SMILES string of the molecule is Clc1ccc([C@H]2C3=C(Nc4ncnn42)c2ccccc2O[C@H]3c2ccccc2)cc1. The highest BCUT2D eigenvalue weighted by Crippen LogP contribution is 2.50. The molecule has 30 heavy (non-hydrogen) atoms. The van der Waals surface area contributed by atoms with Crippen molar-refractivity contribution in [3.63, 3.8) is 0 Å². The van der Waals surface area contributed by atoms with E-state index < -0.39 is 0 Å². The fourth-order valence-corrected chi connectivity index (χ4v) is 4.41. The number of halogens is 1. The number of hydrogen-bond donors (Lipinski definition) is 1. The smallest absolute Gasteiger partial charge is 0.226 e. The molecule has 0 aliphatic carbocycles. The van der Waals surface area contributed by atoms with Gasteiger partial charge in [0.25, 0.3) is 0 Å². The summed E-state index contributed by atoms with van der Waals surface area (Å²) in [5.41, 5.74) is 5.30. The molecule has 2 aliphatic heterocycles. The Hall–Kier alpha value is -3.57. The highest BCUT2D eigenvalue weighted by molar-refractivity contribution is 6.30. The van der Waals surface area contributed by atoms with Gasteiger partial charge in [-0.25, -0.2) is 4.68 Å². The zero-order valence-corrected chi connectivity index (χ0v) is 16.6. The second kappa shape index (κ2) is 6.75. The van der Waals surface area contributed by atoms with E-state index in [9.17, 15) is 0 Å². The topological polar surface area (TPSA) is 52.0 Å². The first-order valence-corrected chi connectivity index (χ1v) is 10.1. The second-order valence-corrected chi connectivity index (χ2v) is 7.78. The van der Waals surface area contributed by atoms with E-state index in [1.807, 2.05) is 65.3 Å². The number of benzene rings is 3. The summed E-state index contributed by atoms with van der Waals surface area (Å²) < 4.78 is 8.48. The Balaban J connectivity index is 1.63. The summed E-state index contributed by atoms with van der Waals surface area (Å²) in [6.45, 7) is 0. The second-order valence-electron chi connectivity index (χ2n) is 7.34. The Bertz CT molecular complexity index is 1260. The average Bonchev–Trinajstić information content (AvgIpc) is 3.27. The van der Waals surface area contributed by atoms with Gasteiger partial charge in [-0.05, 0) is 35.4 Å². The summed E-state index contributed by atoms with van der Waals surface area (Å²) >= 11 is 6.17. The van der Waals surface area contributed by atoms with Gasteiger partial charge >= 0.3 is 0 Å². The Morgan fingerprint density at radius 2 is 1.63 bits per heavy atom. The number of nitrogens with zero attached hydrogens (tertiary/aromatic N) is 3. The molecular weight excluding hydrogens is 396 g/mol. The molecule has 6 rings (SSSR count). The van der Waals surface area contributed by atoms with E-state index in [1.54, 1.807) is 6.33 Å². The zero-order valence-electron chi connectivity index (χ0n) is 15.9. The van der Waals surface area contributed by atoms with Gasteiger partial charge in [0, 0.05) is 16.2 Å². The van der Waals surface area contributed by atoms with Crippen molar-refractivity contribution in [2.24, 2.45) is 0 Å². The van der Waals surface area contributed by atoms with Crippen LogP contribution >= 0.6 is 11.6 Å². The van der Waals surface area contributed by atoms with Crippen LogP contribution in [0.1, 0.15) is 28.8 Å². The lowest BCUT2D eigenvalue weighted by Gasteiger charge is -2.39. The normalized spacial score (nSPS) is 19.2. The van der Waals surface area contributed by atoms with Gasteiger partial charge in [0.15, 0.2) is 0 Å².